The molecule has 1 aliphatic carbocycles. The zero-order valence-corrected chi connectivity index (χ0v) is 18.6. The summed E-state index contributed by atoms with van der Waals surface area (Å²) in [5.74, 6) is -0.656. The fourth-order valence-electron chi connectivity index (χ4n) is 5.82. The van der Waals surface area contributed by atoms with Gasteiger partial charge in [0.25, 0.3) is 0 Å². The largest absolute Gasteiger partial charge is 0.448 e. The zero-order valence-electron chi connectivity index (χ0n) is 18.6. The van der Waals surface area contributed by atoms with Crippen LogP contribution in [0.25, 0.3) is 11.1 Å². The number of carbonyl (C=O) groups excluding carboxylic acids is 1. The molecule has 174 valence electrons. The molecule has 2 atom stereocenters. The van der Waals surface area contributed by atoms with Gasteiger partial charge in [-0.2, -0.15) is 4.39 Å². The number of ether oxygens (including phenoxy) is 2. The van der Waals surface area contributed by atoms with Crippen LogP contribution in [0.4, 0.5) is 9.18 Å². The Bertz CT molecular complexity index is 1190. The normalized spacial score (nSPS) is 25.5. The highest BCUT2D eigenvalue weighted by Crippen LogP contribution is 2.45. The van der Waals surface area contributed by atoms with Crippen LogP contribution in [0.2, 0.25) is 0 Å². The fraction of sp³-hybridized carbons (Fsp3) is 0.333. The SMILES string of the molecule is O=C(OCC1c2ccccc2-c2ccccc21)N1C2COCC1CC(O)(c1cccc(F)n1)C2. The maximum Gasteiger partial charge on any atom is 0.410 e. The minimum atomic E-state index is -1.32. The van der Waals surface area contributed by atoms with Crippen molar-refractivity contribution in [1.29, 1.82) is 0 Å². The number of halogens is 1. The molecule has 0 spiro atoms. The third kappa shape index (κ3) is 3.47. The molecule has 0 radical (unpaired) electrons. The van der Waals surface area contributed by atoms with Gasteiger partial charge in [0.05, 0.1) is 31.0 Å². The molecule has 3 heterocycles. The standard InChI is InChI=1S/C27H25FN2O4/c28-25-11-5-10-24(29-25)27(32)12-17-14-33-15-18(13-27)30(17)26(31)34-16-23-21-8-3-1-6-19(21)20-7-2-4-9-22(20)23/h1-11,17-18,23,32H,12-16H2. The second kappa shape index (κ2) is 8.18. The molecule has 7 heteroatoms. The number of nitrogens with zero attached hydrogens (tertiary/aromatic N) is 2. The number of aromatic nitrogens is 1. The Hall–Kier alpha value is -3.29. The van der Waals surface area contributed by atoms with Gasteiger partial charge in [0.2, 0.25) is 5.95 Å². The summed E-state index contributed by atoms with van der Waals surface area (Å²) in [7, 11) is 0. The van der Waals surface area contributed by atoms with Gasteiger partial charge in [0.1, 0.15) is 12.2 Å². The lowest BCUT2D eigenvalue weighted by Crippen LogP contribution is -2.62. The molecule has 6 rings (SSSR count). The quantitative estimate of drug-likeness (QED) is 0.593. The van der Waals surface area contributed by atoms with Crippen LogP contribution in [-0.4, -0.2) is 53.0 Å². The van der Waals surface area contributed by atoms with Gasteiger partial charge in [-0.3, -0.25) is 4.90 Å². The monoisotopic (exact) mass is 460 g/mol. The lowest BCUT2D eigenvalue weighted by molar-refractivity contribution is -0.138. The third-order valence-electron chi connectivity index (χ3n) is 7.29. The first kappa shape index (κ1) is 21.3. The number of benzene rings is 2. The van der Waals surface area contributed by atoms with Crippen molar-refractivity contribution in [1.82, 2.24) is 9.88 Å². The van der Waals surface area contributed by atoms with Gasteiger partial charge in [0.15, 0.2) is 0 Å². The molecule has 1 amide bonds. The maximum atomic E-state index is 13.7. The van der Waals surface area contributed by atoms with Crippen LogP contribution in [-0.2, 0) is 15.1 Å². The van der Waals surface area contributed by atoms with Crippen molar-refractivity contribution in [2.75, 3.05) is 19.8 Å². The average Bonchev–Trinajstić information content (AvgIpc) is 3.16. The van der Waals surface area contributed by atoms with Gasteiger partial charge >= 0.3 is 6.09 Å². The van der Waals surface area contributed by atoms with Gasteiger partial charge in [0, 0.05) is 18.8 Å². The number of aliphatic hydroxyl groups is 1. The van der Waals surface area contributed by atoms with E-state index in [2.05, 4.69) is 29.2 Å². The summed E-state index contributed by atoms with van der Waals surface area (Å²) >= 11 is 0. The van der Waals surface area contributed by atoms with E-state index in [4.69, 9.17) is 9.47 Å². The molecule has 2 aliphatic heterocycles. The van der Waals surface area contributed by atoms with E-state index in [1.165, 1.54) is 17.2 Å². The smallest absolute Gasteiger partial charge is 0.410 e. The summed E-state index contributed by atoms with van der Waals surface area (Å²) < 4.78 is 25.3. The Morgan fingerprint density at radius 3 is 2.24 bits per heavy atom. The first-order valence-corrected chi connectivity index (χ1v) is 11.6. The third-order valence-corrected chi connectivity index (χ3v) is 7.29. The Kier molecular flexibility index (Phi) is 5.12. The minimum absolute atomic E-state index is 0.0225. The van der Waals surface area contributed by atoms with Gasteiger partial charge in [-0.15, -0.1) is 0 Å². The fourth-order valence-corrected chi connectivity index (χ4v) is 5.82. The van der Waals surface area contributed by atoms with Crippen LogP contribution in [0.15, 0.2) is 66.7 Å². The molecule has 34 heavy (non-hydrogen) atoms. The average molecular weight is 461 g/mol. The zero-order chi connectivity index (χ0) is 23.3. The van der Waals surface area contributed by atoms with E-state index in [0.29, 0.717) is 13.2 Å². The van der Waals surface area contributed by atoms with E-state index in [9.17, 15) is 14.3 Å². The van der Waals surface area contributed by atoms with Crippen molar-refractivity contribution in [3.05, 3.63) is 89.5 Å². The Morgan fingerprint density at radius 1 is 1.00 bits per heavy atom. The van der Waals surface area contributed by atoms with E-state index in [0.717, 1.165) is 11.1 Å². The molecule has 2 fully saturated rings. The molecule has 3 aliphatic rings. The van der Waals surface area contributed by atoms with Crippen molar-refractivity contribution in [2.45, 2.75) is 36.4 Å². The van der Waals surface area contributed by atoms with Gasteiger partial charge < -0.3 is 14.6 Å². The van der Waals surface area contributed by atoms with Crippen molar-refractivity contribution < 1.29 is 23.8 Å². The molecule has 1 N–H and O–H groups in total. The van der Waals surface area contributed by atoms with Crippen LogP contribution in [0.1, 0.15) is 35.6 Å². The number of carbonyl (C=O) groups is 1. The van der Waals surface area contributed by atoms with Crippen LogP contribution in [0, 0.1) is 5.95 Å². The lowest BCUT2D eigenvalue weighted by Gasteiger charge is -2.50. The van der Waals surface area contributed by atoms with Crippen molar-refractivity contribution in [3.8, 4) is 11.1 Å². The summed E-state index contributed by atoms with van der Waals surface area (Å²) in [6.07, 6.45) is 0.0169. The number of fused-ring (bicyclic) bond motifs is 5. The van der Waals surface area contributed by atoms with Crippen LogP contribution in [0.3, 0.4) is 0 Å². The highest BCUT2D eigenvalue weighted by molar-refractivity contribution is 5.79. The van der Waals surface area contributed by atoms with E-state index in [-0.39, 0.29) is 43.1 Å². The first-order valence-electron chi connectivity index (χ1n) is 11.6. The van der Waals surface area contributed by atoms with Crippen molar-refractivity contribution in [3.63, 3.8) is 0 Å². The number of piperidine rings is 1. The Morgan fingerprint density at radius 2 is 1.62 bits per heavy atom. The van der Waals surface area contributed by atoms with Crippen molar-refractivity contribution in [2.24, 2.45) is 0 Å². The summed E-state index contributed by atoms with van der Waals surface area (Å²) in [6.45, 7) is 0.815. The summed E-state index contributed by atoms with van der Waals surface area (Å²) in [5, 5.41) is 11.3. The predicted octanol–water partition coefficient (Wildman–Crippen LogP) is 4.22. The molecule has 0 saturated carbocycles. The number of hydrogen-bond donors (Lipinski definition) is 1. The van der Waals surface area contributed by atoms with Gasteiger partial charge in [-0.25, -0.2) is 9.78 Å². The van der Waals surface area contributed by atoms with Gasteiger partial charge in [-0.1, -0.05) is 54.6 Å². The molecule has 2 bridgehead atoms. The van der Waals surface area contributed by atoms with Crippen molar-refractivity contribution >= 4 is 6.09 Å². The van der Waals surface area contributed by atoms with E-state index in [1.54, 1.807) is 17.0 Å². The summed E-state index contributed by atoms with van der Waals surface area (Å²) in [5.41, 5.74) is 3.64. The lowest BCUT2D eigenvalue weighted by atomic mass is 9.79. The topological polar surface area (TPSA) is 71.9 Å². The molecule has 1 aromatic heterocycles. The van der Waals surface area contributed by atoms with Gasteiger partial charge in [-0.05, 0) is 34.4 Å². The van der Waals surface area contributed by atoms with Crippen LogP contribution >= 0.6 is 0 Å². The number of rotatable bonds is 3. The number of morpholine rings is 1. The molecule has 6 nitrogen and oxygen atoms in total. The molecular formula is C27H25FN2O4. The number of hydrogen-bond acceptors (Lipinski definition) is 5. The summed E-state index contributed by atoms with van der Waals surface area (Å²) in [6, 6.07) is 20.1. The number of amides is 1. The summed E-state index contributed by atoms with van der Waals surface area (Å²) in [4.78, 5) is 18.9. The van der Waals surface area contributed by atoms with Crippen LogP contribution in [0.5, 0.6) is 0 Å². The van der Waals surface area contributed by atoms with E-state index >= 15 is 0 Å². The minimum Gasteiger partial charge on any atom is -0.448 e. The molecular weight excluding hydrogens is 435 g/mol. The van der Waals surface area contributed by atoms with Crippen LogP contribution < -0.4 is 0 Å². The maximum absolute atomic E-state index is 13.7. The number of pyridine rings is 1. The highest BCUT2D eigenvalue weighted by atomic mass is 19.1. The molecule has 2 saturated heterocycles. The first-order chi connectivity index (χ1) is 16.5. The second-order valence-electron chi connectivity index (χ2n) is 9.34. The van der Waals surface area contributed by atoms with E-state index < -0.39 is 17.6 Å². The molecule has 3 aromatic rings. The molecule has 2 aromatic carbocycles. The predicted molar refractivity (Wildman–Crippen MR) is 123 cm³/mol. The Balaban J connectivity index is 1.21. The van der Waals surface area contributed by atoms with E-state index in [1.807, 2.05) is 24.3 Å². The second-order valence-corrected chi connectivity index (χ2v) is 9.34. The molecule has 2 unspecified atom stereocenters. The highest BCUT2D eigenvalue weighted by Gasteiger charge is 2.50. The Labute approximate surface area is 197 Å².